The highest BCUT2D eigenvalue weighted by Crippen LogP contribution is 2.27. The zero-order valence-corrected chi connectivity index (χ0v) is 12.1. The van der Waals surface area contributed by atoms with Crippen LogP contribution in [0.4, 0.5) is 27.5 Å². The van der Waals surface area contributed by atoms with Crippen molar-refractivity contribution in [2.24, 2.45) is 0 Å². The maximum Gasteiger partial charge on any atom is 0.413 e. The number of nitrogens with zero attached hydrogens (tertiary/aromatic N) is 2. The van der Waals surface area contributed by atoms with Crippen molar-refractivity contribution in [3.63, 3.8) is 0 Å². The Hall–Kier alpha value is -3.09. The van der Waals surface area contributed by atoms with Gasteiger partial charge in [0.15, 0.2) is 0 Å². The third-order valence-electron chi connectivity index (χ3n) is 3.08. The van der Waals surface area contributed by atoms with Gasteiger partial charge < -0.3 is 10.1 Å². The van der Waals surface area contributed by atoms with Crippen molar-refractivity contribution in [1.82, 2.24) is 0 Å². The molecule has 0 aliphatic carbocycles. The molecule has 0 aromatic heterocycles. The highest BCUT2D eigenvalue weighted by molar-refractivity contribution is 5.87. The van der Waals surface area contributed by atoms with Crippen LogP contribution in [0.3, 0.4) is 0 Å². The number of hydrogen-bond acceptors (Lipinski definition) is 5. The second kappa shape index (κ2) is 6.57. The van der Waals surface area contributed by atoms with E-state index in [9.17, 15) is 14.9 Å². The van der Waals surface area contributed by atoms with Gasteiger partial charge in [-0.15, -0.1) is 0 Å². The topological polar surface area (TPSA) is 84.7 Å². The molecule has 0 saturated heterocycles. The number of hydrogen-bond donors (Lipinski definition) is 1. The molecule has 1 N–H and O–H groups in total. The van der Waals surface area contributed by atoms with Gasteiger partial charge in [-0.05, 0) is 30.3 Å². The van der Waals surface area contributed by atoms with Crippen LogP contribution in [0.15, 0.2) is 48.5 Å². The summed E-state index contributed by atoms with van der Waals surface area (Å²) < 4.78 is 4.63. The fraction of sp³-hybridized carbons (Fsp3) is 0.133. The van der Waals surface area contributed by atoms with Crippen molar-refractivity contribution >= 4 is 28.8 Å². The molecule has 1 amide bonds. The van der Waals surface area contributed by atoms with Gasteiger partial charge in [-0.2, -0.15) is 0 Å². The molecule has 0 radical (unpaired) electrons. The number of methoxy groups -OCH3 is 1. The number of ether oxygens (including phenoxy) is 1. The number of nitro groups is 1. The smallest absolute Gasteiger partial charge is 0.413 e. The van der Waals surface area contributed by atoms with Crippen LogP contribution < -0.4 is 10.2 Å². The number of anilines is 3. The monoisotopic (exact) mass is 301 g/mol. The summed E-state index contributed by atoms with van der Waals surface area (Å²) in [5, 5.41) is 14.0. The summed E-state index contributed by atoms with van der Waals surface area (Å²) in [5.74, 6) is 0. The summed E-state index contributed by atoms with van der Waals surface area (Å²) in [4.78, 5) is 23.3. The van der Waals surface area contributed by atoms with Gasteiger partial charge in [-0.3, -0.25) is 15.0 Å². The molecule has 0 fully saturated rings. The first kappa shape index (κ1) is 15.3. The predicted octanol–water partition coefficient (Wildman–Crippen LogP) is 3.54. The van der Waals surface area contributed by atoms with E-state index >= 15 is 0 Å². The van der Waals surface area contributed by atoms with E-state index in [-0.39, 0.29) is 5.69 Å². The third-order valence-corrected chi connectivity index (χ3v) is 3.08. The van der Waals surface area contributed by atoms with E-state index in [1.54, 1.807) is 49.5 Å². The van der Waals surface area contributed by atoms with E-state index < -0.39 is 11.0 Å². The summed E-state index contributed by atoms with van der Waals surface area (Å²) in [6, 6.07) is 13.3. The van der Waals surface area contributed by atoms with Crippen molar-refractivity contribution in [3.8, 4) is 0 Å². The zero-order chi connectivity index (χ0) is 16.1. The van der Waals surface area contributed by atoms with Crippen LogP contribution in [0, 0.1) is 10.1 Å². The average Bonchev–Trinajstić information content (AvgIpc) is 2.54. The second-order valence-electron chi connectivity index (χ2n) is 4.48. The molecular formula is C15H15N3O4. The lowest BCUT2D eigenvalue weighted by molar-refractivity contribution is -0.383. The van der Waals surface area contributed by atoms with Gasteiger partial charge >= 0.3 is 6.09 Å². The molecule has 0 heterocycles. The molecule has 0 unspecified atom stereocenters. The molecule has 0 bridgehead atoms. The number of carbonyl (C=O) groups is 1. The number of rotatable bonds is 4. The summed E-state index contributed by atoms with van der Waals surface area (Å²) in [6.07, 6.45) is -0.473. The Morgan fingerprint density at radius 3 is 2.41 bits per heavy atom. The van der Waals surface area contributed by atoms with E-state index in [2.05, 4.69) is 10.1 Å². The third kappa shape index (κ3) is 3.32. The molecule has 7 nitrogen and oxygen atoms in total. The molecule has 0 aliphatic heterocycles. The molecule has 114 valence electrons. The van der Waals surface area contributed by atoms with Crippen LogP contribution in [0.5, 0.6) is 0 Å². The fourth-order valence-corrected chi connectivity index (χ4v) is 1.90. The second-order valence-corrected chi connectivity index (χ2v) is 4.48. The minimum Gasteiger partial charge on any atom is -0.452 e. The van der Waals surface area contributed by atoms with Crippen molar-refractivity contribution in [3.05, 3.63) is 58.6 Å². The molecule has 0 spiro atoms. The molecule has 0 aliphatic rings. The maximum atomic E-state index is 11.4. The molecule has 2 rings (SSSR count). The summed E-state index contributed by atoms with van der Waals surface area (Å²) in [7, 11) is 2.90. The van der Waals surface area contributed by atoms with Gasteiger partial charge in [0.05, 0.1) is 12.0 Å². The molecule has 22 heavy (non-hydrogen) atoms. The Bertz CT molecular complexity index is 685. The molecule has 2 aromatic rings. The maximum absolute atomic E-state index is 11.4. The zero-order valence-electron chi connectivity index (χ0n) is 12.1. The van der Waals surface area contributed by atoms with Gasteiger partial charge in [0.1, 0.15) is 5.69 Å². The molecule has 0 atom stereocenters. The number of para-hydroxylation sites is 2. The largest absolute Gasteiger partial charge is 0.452 e. The summed E-state index contributed by atoms with van der Waals surface area (Å²) >= 11 is 0. The average molecular weight is 301 g/mol. The predicted molar refractivity (Wildman–Crippen MR) is 83.6 cm³/mol. The molecule has 7 heteroatoms. The minimum atomic E-state index is -0.473. The number of amides is 1. The number of nitrogens with one attached hydrogen (secondary N) is 1. The van der Waals surface area contributed by atoms with Crippen molar-refractivity contribution in [2.75, 3.05) is 24.4 Å². The number of nitro benzene ring substituents is 1. The SMILES string of the molecule is COC(=O)N(C)c1ccc(Nc2ccccc2[N+](=O)[O-])cc1. The Kier molecular flexibility index (Phi) is 4.57. The standard InChI is InChI=1S/C15H15N3O4/c1-17(15(19)22-2)12-9-7-11(8-10-12)16-13-5-3-4-6-14(13)18(20)21/h3-10,16H,1-2H3. The Balaban J connectivity index is 2.19. The lowest BCUT2D eigenvalue weighted by Gasteiger charge is -2.16. The number of benzene rings is 2. The van der Waals surface area contributed by atoms with E-state index in [4.69, 9.17) is 0 Å². The van der Waals surface area contributed by atoms with E-state index in [1.807, 2.05) is 0 Å². The van der Waals surface area contributed by atoms with Crippen LogP contribution in [0.1, 0.15) is 0 Å². The van der Waals surface area contributed by atoms with E-state index in [0.29, 0.717) is 17.1 Å². The Morgan fingerprint density at radius 2 is 1.82 bits per heavy atom. The first-order valence-electron chi connectivity index (χ1n) is 6.45. The lowest BCUT2D eigenvalue weighted by atomic mass is 10.2. The van der Waals surface area contributed by atoms with Gasteiger partial charge in [0.2, 0.25) is 0 Å². The normalized spacial score (nSPS) is 9.91. The van der Waals surface area contributed by atoms with Crippen LogP contribution in [-0.2, 0) is 4.74 Å². The summed E-state index contributed by atoms with van der Waals surface area (Å²) in [6.45, 7) is 0. The fourth-order valence-electron chi connectivity index (χ4n) is 1.90. The molecule has 0 saturated carbocycles. The van der Waals surface area contributed by atoms with Crippen LogP contribution >= 0.6 is 0 Å². The van der Waals surface area contributed by atoms with Gasteiger partial charge in [-0.25, -0.2) is 4.79 Å². The van der Waals surface area contributed by atoms with Crippen LogP contribution in [0.2, 0.25) is 0 Å². The first-order chi connectivity index (χ1) is 10.5. The Morgan fingerprint density at radius 1 is 1.18 bits per heavy atom. The quantitative estimate of drug-likeness (QED) is 0.689. The van der Waals surface area contributed by atoms with Gasteiger partial charge in [0.25, 0.3) is 5.69 Å². The number of carbonyl (C=O) groups excluding carboxylic acids is 1. The van der Waals surface area contributed by atoms with Crippen molar-refractivity contribution in [1.29, 1.82) is 0 Å². The van der Waals surface area contributed by atoms with Crippen molar-refractivity contribution < 1.29 is 14.5 Å². The van der Waals surface area contributed by atoms with E-state index in [1.165, 1.54) is 18.1 Å². The lowest BCUT2D eigenvalue weighted by Crippen LogP contribution is -2.25. The highest BCUT2D eigenvalue weighted by atomic mass is 16.6. The Labute approximate surface area is 127 Å². The van der Waals surface area contributed by atoms with Crippen LogP contribution in [0.25, 0.3) is 0 Å². The summed E-state index contributed by atoms with van der Waals surface area (Å²) in [5.41, 5.74) is 1.73. The van der Waals surface area contributed by atoms with Gasteiger partial charge in [0, 0.05) is 24.5 Å². The highest BCUT2D eigenvalue weighted by Gasteiger charge is 2.13. The van der Waals surface area contributed by atoms with Gasteiger partial charge in [-0.1, -0.05) is 12.1 Å². The van der Waals surface area contributed by atoms with Crippen LogP contribution in [-0.4, -0.2) is 25.2 Å². The minimum absolute atomic E-state index is 0.00162. The molecular weight excluding hydrogens is 286 g/mol. The van der Waals surface area contributed by atoms with E-state index in [0.717, 1.165) is 0 Å². The van der Waals surface area contributed by atoms with Crippen molar-refractivity contribution in [2.45, 2.75) is 0 Å². The molecule has 2 aromatic carbocycles. The first-order valence-corrected chi connectivity index (χ1v) is 6.45.